The van der Waals surface area contributed by atoms with Crippen LogP contribution in [0.4, 0.5) is 0 Å². The predicted molar refractivity (Wildman–Crippen MR) is 133 cm³/mol. The average molecular weight is 518 g/mol. The molecule has 0 aliphatic heterocycles. The first-order chi connectivity index (χ1) is 14.0. The molecule has 7 heteroatoms. The molecule has 1 heterocycles. The zero-order chi connectivity index (χ0) is 20.6. The molecule has 1 aromatic heterocycles. The van der Waals surface area contributed by atoms with Gasteiger partial charge in [0.05, 0.1) is 13.1 Å². The highest BCUT2D eigenvalue weighted by Gasteiger charge is 2.09. The summed E-state index contributed by atoms with van der Waals surface area (Å²) in [6.45, 7) is 8.26. The zero-order valence-corrected chi connectivity index (χ0v) is 20.4. The van der Waals surface area contributed by atoms with Gasteiger partial charge in [-0.3, -0.25) is 0 Å². The van der Waals surface area contributed by atoms with Gasteiger partial charge in [0.25, 0.3) is 0 Å². The summed E-state index contributed by atoms with van der Waals surface area (Å²) >= 11 is 0. The van der Waals surface area contributed by atoms with Crippen LogP contribution in [0, 0.1) is 13.8 Å². The molecule has 30 heavy (non-hydrogen) atoms. The third-order valence-corrected chi connectivity index (χ3v) is 5.08. The Kier molecular flexibility index (Phi) is 9.29. The van der Waals surface area contributed by atoms with E-state index < -0.39 is 0 Å². The van der Waals surface area contributed by atoms with Gasteiger partial charge in [-0.05, 0) is 30.9 Å². The first-order valence-electron chi connectivity index (χ1n) is 10.0. The Morgan fingerprint density at radius 2 is 1.70 bits per heavy atom. The van der Waals surface area contributed by atoms with E-state index in [4.69, 9.17) is 4.99 Å². The van der Waals surface area contributed by atoms with Crippen LogP contribution in [0.25, 0.3) is 0 Å². The Labute approximate surface area is 196 Å². The summed E-state index contributed by atoms with van der Waals surface area (Å²) in [7, 11) is 1.97. The van der Waals surface area contributed by atoms with Gasteiger partial charge >= 0.3 is 0 Å². The summed E-state index contributed by atoms with van der Waals surface area (Å²) < 4.78 is 1.98. The molecule has 3 aromatic rings. The summed E-state index contributed by atoms with van der Waals surface area (Å²) in [4.78, 5) is 4.76. The zero-order valence-electron chi connectivity index (χ0n) is 18.1. The van der Waals surface area contributed by atoms with Crippen molar-refractivity contribution in [2.45, 2.75) is 39.8 Å². The number of guanidine groups is 1. The van der Waals surface area contributed by atoms with E-state index in [-0.39, 0.29) is 24.0 Å². The van der Waals surface area contributed by atoms with Crippen LogP contribution < -0.4 is 10.6 Å². The summed E-state index contributed by atoms with van der Waals surface area (Å²) in [5, 5.41) is 15.2. The lowest BCUT2D eigenvalue weighted by molar-refractivity contribution is 0.678. The van der Waals surface area contributed by atoms with Gasteiger partial charge in [0.15, 0.2) is 11.8 Å². The maximum atomic E-state index is 4.76. The SMILES string of the molecule is Cc1ccc(C(C)CNC(=NCc2ccccc2)NCc2nnc(C)n2C)cc1.I. The van der Waals surface area contributed by atoms with Crippen molar-refractivity contribution in [3.8, 4) is 0 Å². The number of nitrogens with one attached hydrogen (secondary N) is 2. The molecule has 0 radical (unpaired) electrons. The minimum Gasteiger partial charge on any atom is -0.356 e. The summed E-state index contributed by atoms with van der Waals surface area (Å²) in [6.07, 6.45) is 0. The molecule has 0 amide bonds. The normalized spacial score (nSPS) is 12.2. The second kappa shape index (κ2) is 11.7. The van der Waals surface area contributed by atoms with Crippen molar-refractivity contribution in [2.75, 3.05) is 6.54 Å². The fourth-order valence-electron chi connectivity index (χ4n) is 2.96. The first-order valence-corrected chi connectivity index (χ1v) is 10.0. The molecular formula is C23H31IN6. The molecule has 0 saturated carbocycles. The van der Waals surface area contributed by atoms with Crippen molar-refractivity contribution in [2.24, 2.45) is 12.0 Å². The molecule has 0 aliphatic rings. The van der Waals surface area contributed by atoms with E-state index >= 15 is 0 Å². The van der Waals surface area contributed by atoms with E-state index in [0.717, 1.165) is 24.2 Å². The molecule has 0 saturated heterocycles. The third kappa shape index (κ3) is 6.83. The maximum absolute atomic E-state index is 4.76. The number of aryl methyl sites for hydroxylation is 2. The van der Waals surface area contributed by atoms with E-state index in [1.54, 1.807) is 0 Å². The fraction of sp³-hybridized carbons (Fsp3) is 0.348. The largest absolute Gasteiger partial charge is 0.356 e. The van der Waals surface area contributed by atoms with Crippen LogP contribution in [0.2, 0.25) is 0 Å². The van der Waals surface area contributed by atoms with Gasteiger partial charge in [-0.15, -0.1) is 34.2 Å². The van der Waals surface area contributed by atoms with Gasteiger partial charge in [0.1, 0.15) is 5.82 Å². The summed E-state index contributed by atoms with van der Waals surface area (Å²) in [5.74, 6) is 2.92. The van der Waals surface area contributed by atoms with Gasteiger partial charge in [0.2, 0.25) is 0 Å². The average Bonchev–Trinajstić information content (AvgIpc) is 3.06. The Hall–Kier alpha value is -2.42. The molecule has 1 atom stereocenters. The second-order valence-corrected chi connectivity index (χ2v) is 7.42. The van der Waals surface area contributed by atoms with Crippen molar-refractivity contribution >= 4 is 29.9 Å². The molecule has 2 aromatic carbocycles. The molecule has 0 fully saturated rings. The molecule has 1 unspecified atom stereocenters. The molecule has 0 aliphatic carbocycles. The van der Waals surface area contributed by atoms with E-state index in [1.807, 2.05) is 36.7 Å². The van der Waals surface area contributed by atoms with Crippen LogP contribution in [0.15, 0.2) is 59.6 Å². The number of aromatic nitrogens is 3. The van der Waals surface area contributed by atoms with Crippen molar-refractivity contribution in [1.82, 2.24) is 25.4 Å². The summed E-state index contributed by atoms with van der Waals surface area (Å²) in [6, 6.07) is 19.0. The number of aliphatic imine (C=N–C) groups is 1. The van der Waals surface area contributed by atoms with Gasteiger partial charge in [-0.25, -0.2) is 4.99 Å². The number of rotatable bonds is 7. The number of hydrogen-bond donors (Lipinski definition) is 2. The van der Waals surface area contributed by atoms with Crippen LogP contribution in [-0.2, 0) is 20.1 Å². The fourth-order valence-corrected chi connectivity index (χ4v) is 2.96. The highest BCUT2D eigenvalue weighted by Crippen LogP contribution is 2.14. The van der Waals surface area contributed by atoms with Gasteiger partial charge < -0.3 is 15.2 Å². The van der Waals surface area contributed by atoms with Crippen molar-refractivity contribution in [1.29, 1.82) is 0 Å². The van der Waals surface area contributed by atoms with E-state index in [1.165, 1.54) is 16.7 Å². The highest BCUT2D eigenvalue weighted by atomic mass is 127. The molecule has 0 bridgehead atoms. The molecule has 2 N–H and O–H groups in total. The number of nitrogens with zero attached hydrogens (tertiary/aromatic N) is 4. The Morgan fingerprint density at radius 1 is 1.00 bits per heavy atom. The minimum absolute atomic E-state index is 0. The number of hydrogen-bond acceptors (Lipinski definition) is 3. The lowest BCUT2D eigenvalue weighted by Crippen LogP contribution is -2.39. The number of benzene rings is 2. The number of halogens is 1. The van der Waals surface area contributed by atoms with Crippen LogP contribution in [-0.4, -0.2) is 27.3 Å². The van der Waals surface area contributed by atoms with Crippen LogP contribution in [0.1, 0.15) is 41.2 Å². The molecular weight excluding hydrogens is 487 g/mol. The molecule has 6 nitrogen and oxygen atoms in total. The molecule has 0 spiro atoms. The second-order valence-electron chi connectivity index (χ2n) is 7.42. The lowest BCUT2D eigenvalue weighted by atomic mass is 10.0. The van der Waals surface area contributed by atoms with Gasteiger partial charge in [0, 0.05) is 13.6 Å². The summed E-state index contributed by atoms with van der Waals surface area (Å²) in [5.41, 5.74) is 3.77. The van der Waals surface area contributed by atoms with E-state index in [2.05, 4.69) is 71.1 Å². The lowest BCUT2D eigenvalue weighted by Gasteiger charge is -2.17. The van der Waals surface area contributed by atoms with Gasteiger partial charge in [-0.2, -0.15) is 0 Å². The third-order valence-electron chi connectivity index (χ3n) is 5.08. The minimum atomic E-state index is 0. The van der Waals surface area contributed by atoms with E-state index in [9.17, 15) is 0 Å². The van der Waals surface area contributed by atoms with Crippen molar-refractivity contribution < 1.29 is 0 Å². The highest BCUT2D eigenvalue weighted by molar-refractivity contribution is 14.0. The predicted octanol–water partition coefficient (Wildman–Crippen LogP) is 4.09. The van der Waals surface area contributed by atoms with Gasteiger partial charge in [-0.1, -0.05) is 67.1 Å². The Morgan fingerprint density at radius 3 is 2.33 bits per heavy atom. The van der Waals surface area contributed by atoms with Crippen LogP contribution >= 0.6 is 24.0 Å². The standard InChI is InChI=1S/C23H30N6.HI/c1-17-10-12-21(13-11-17)18(2)14-24-23(25-15-20-8-6-5-7-9-20)26-16-22-28-27-19(3)29(22)4;/h5-13,18H,14-16H2,1-4H3,(H2,24,25,26);1H. The first kappa shape index (κ1) is 23.9. The Balaban J connectivity index is 0.00000320. The van der Waals surface area contributed by atoms with Crippen LogP contribution in [0.3, 0.4) is 0 Å². The smallest absolute Gasteiger partial charge is 0.191 e. The van der Waals surface area contributed by atoms with Crippen molar-refractivity contribution in [3.63, 3.8) is 0 Å². The van der Waals surface area contributed by atoms with Crippen LogP contribution in [0.5, 0.6) is 0 Å². The topological polar surface area (TPSA) is 67.1 Å². The molecule has 3 rings (SSSR count). The molecule has 160 valence electrons. The maximum Gasteiger partial charge on any atom is 0.191 e. The quantitative estimate of drug-likeness (QED) is 0.281. The monoisotopic (exact) mass is 518 g/mol. The van der Waals surface area contributed by atoms with Crippen molar-refractivity contribution in [3.05, 3.63) is 82.9 Å². The Bertz CT molecular complexity index is 934. The van der Waals surface area contributed by atoms with E-state index in [0.29, 0.717) is 19.0 Å².